The highest BCUT2D eigenvalue weighted by molar-refractivity contribution is 6.31. The average Bonchev–Trinajstić information content (AvgIpc) is 2.79. The molecule has 1 amide bonds. The molecule has 10 heteroatoms. The lowest BCUT2D eigenvalue weighted by Gasteiger charge is -2.32. The molecule has 0 unspecified atom stereocenters. The fourth-order valence-electron chi connectivity index (χ4n) is 2.75. The molecule has 1 aliphatic heterocycles. The minimum atomic E-state index is -0.330. The number of carbonyl (C=O) groups excluding carboxylic acids is 1. The number of carbonyl (C=O) groups is 1. The Morgan fingerprint density at radius 3 is 2.58 bits per heavy atom. The summed E-state index contributed by atoms with van der Waals surface area (Å²) in [7, 11) is 0. The number of rotatable bonds is 3. The lowest BCUT2D eigenvalue weighted by atomic mass is 10.2. The van der Waals surface area contributed by atoms with Gasteiger partial charge in [-0.15, -0.1) is 17.3 Å². The molecule has 130 valence electrons. The summed E-state index contributed by atoms with van der Waals surface area (Å²) in [5.74, 6) is 5.18. The van der Waals surface area contributed by atoms with Gasteiger partial charge >= 0.3 is 0 Å². The monoisotopic (exact) mass is 373 g/mol. The summed E-state index contributed by atoms with van der Waals surface area (Å²) < 4.78 is 1.36. The van der Waals surface area contributed by atoms with E-state index in [0.29, 0.717) is 42.1 Å². The number of aromatic nitrogens is 1. The maximum Gasteiger partial charge on any atom is 0.242 e. The van der Waals surface area contributed by atoms with Crippen molar-refractivity contribution in [3.63, 3.8) is 0 Å². The minimum Gasteiger partial charge on any atom is -0.493 e. The molecule has 0 saturated carbocycles. The molecule has 0 aliphatic carbocycles. The zero-order valence-electron chi connectivity index (χ0n) is 12.7. The van der Waals surface area contributed by atoms with Crippen molar-refractivity contribution < 1.29 is 9.90 Å². The van der Waals surface area contributed by atoms with Crippen LogP contribution in [0.2, 0.25) is 5.02 Å². The van der Waals surface area contributed by atoms with E-state index in [1.54, 1.807) is 28.1 Å². The predicted octanol–water partition coefficient (Wildman–Crippen LogP) is 1.84. The number of fused-ring (bicyclic) bond motifs is 1. The van der Waals surface area contributed by atoms with Gasteiger partial charge < -0.3 is 14.6 Å². The Morgan fingerprint density at radius 2 is 1.96 bits per heavy atom. The summed E-state index contributed by atoms with van der Waals surface area (Å²) >= 11 is 5.98. The Bertz CT molecular complexity index is 771. The van der Waals surface area contributed by atoms with E-state index in [0.717, 1.165) is 0 Å². The van der Waals surface area contributed by atoms with Crippen molar-refractivity contribution in [1.29, 1.82) is 0 Å². The van der Waals surface area contributed by atoms with Crippen LogP contribution in [-0.2, 0) is 11.3 Å². The number of benzene rings is 1. The van der Waals surface area contributed by atoms with Crippen LogP contribution in [0.15, 0.2) is 23.4 Å². The molecule has 3 N–H and O–H groups in total. The SMILES string of the molecule is Cl.NN1CCN(C(=O)Cn2c(O)c(N=O)c3ccc(Cl)cc32)CC1. The summed E-state index contributed by atoms with van der Waals surface area (Å²) in [5, 5.41) is 15.6. The zero-order chi connectivity index (χ0) is 16.6. The first-order valence-corrected chi connectivity index (χ1v) is 7.50. The first kappa shape index (κ1) is 18.5. The highest BCUT2D eigenvalue weighted by atomic mass is 35.5. The van der Waals surface area contributed by atoms with E-state index in [-0.39, 0.29) is 36.4 Å². The molecule has 0 radical (unpaired) electrons. The minimum absolute atomic E-state index is 0. The van der Waals surface area contributed by atoms with Crippen LogP contribution >= 0.6 is 24.0 Å². The van der Waals surface area contributed by atoms with Crippen molar-refractivity contribution in [1.82, 2.24) is 14.5 Å². The molecule has 0 atom stereocenters. The van der Waals surface area contributed by atoms with Crippen LogP contribution < -0.4 is 5.84 Å². The number of hydrogen-bond donors (Lipinski definition) is 2. The molecule has 2 heterocycles. The van der Waals surface area contributed by atoms with Crippen molar-refractivity contribution >= 4 is 46.5 Å². The fraction of sp³-hybridized carbons (Fsp3) is 0.357. The number of piperazine rings is 1. The number of halogens is 2. The number of nitrogens with two attached hydrogens (primary N) is 1. The van der Waals surface area contributed by atoms with Gasteiger partial charge in [-0.05, 0) is 23.4 Å². The molecule has 3 rings (SSSR count). The molecular weight excluding hydrogens is 357 g/mol. The topological polar surface area (TPSA) is 104 Å². The van der Waals surface area contributed by atoms with Crippen LogP contribution in [0.25, 0.3) is 10.9 Å². The third-order valence-electron chi connectivity index (χ3n) is 4.02. The van der Waals surface area contributed by atoms with Crippen LogP contribution in [0.1, 0.15) is 0 Å². The molecule has 0 bridgehead atoms. The quantitative estimate of drug-likeness (QED) is 0.630. The number of nitrogens with zero attached hydrogens (tertiary/aromatic N) is 4. The maximum absolute atomic E-state index is 12.4. The first-order valence-electron chi connectivity index (χ1n) is 7.12. The van der Waals surface area contributed by atoms with E-state index in [9.17, 15) is 14.8 Å². The molecule has 1 saturated heterocycles. The van der Waals surface area contributed by atoms with E-state index in [4.69, 9.17) is 17.4 Å². The largest absolute Gasteiger partial charge is 0.493 e. The van der Waals surface area contributed by atoms with Crippen LogP contribution in [0.3, 0.4) is 0 Å². The number of nitroso groups, excluding NO2 is 1. The Kier molecular flexibility index (Phi) is 5.66. The van der Waals surface area contributed by atoms with Crippen molar-refractivity contribution in [3.05, 3.63) is 28.1 Å². The molecular formula is C14H17Cl2N5O3. The lowest BCUT2D eigenvalue weighted by molar-refractivity contribution is -0.133. The van der Waals surface area contributed by atoms with E-state index >= 15 is 0 Å². The van der Waals surface area contributed by atoms with Gasteiger partial charge in [-0.3, -0.25) is 10.6 Å². The second kappa shape index (κ2) is 7.35. The van der Waals surface area contributed by atoms with Crippen LogP contribution in [-0.4, -0.2) is 51.7 Å². The van der Waals surface area contributed by atoms with Gasteiger partial charge in [-0.25, -0.2) is 5.01 Å². The van der Waals surface area contributed by atoms with Gasteiger partial charge in [0.05, 0.1) is 5.52 Å². The standard InChI is InChI=1S/C14H16ClN5O3.ClH/c15-9-1-2-10-11(7-9)20(14(22)13(10)17-23)8-12(21)18-3-5-19(16)6-4-18;/h1-2,7,22H,3-6,8,16H2;1H. The van der Waals surface area contributed by atoms with Crippen LogP contribution in [0.4, 0.5) is 5.69 Å². The maximum atomic E-state index is 12.4. The van der Waals surface area contributed by atoms with E-state index in [1.165, 1.54) is 4.57 Å². The summed E-state index contributed by atoms with van der Waals surface area (Å²) in [6, 6.07) is 4.79. The van der Waals surface area contributed by atoms with E-state index < -0.39 is 0 Å². The van der Waals surface area contributed by atoms with Crippen molar-refractivity contribution in [2.75, 3.05) is 26.2 Å². The number of aromatic hydroxyl groups is 1. The first-order chi connectivity index (χ1) is 11.0. The Balaban J connectivity index is 0.00000208. The molecule has 2 aromatic rings. The number of amides is 1. The highest BCUT2D eigenvalue weighted by Gasteiger charge is 2.24. The Labute approximate surface area is 149 Å². The third-order valence-corrected chi connectivity index (χ3v) is 4.26. The smallest absolute Gasteiger partial charge is 0.242 e. The molecule has 1 fully saturated rings. The molecule has 0 spiro atoms. The van der Waals surface area contributed by atoms with E-state index in [1.807, 2.05) is 0 Å². The van der Waals surface area contributed by atoms with Crippen molar-refractivity contribution in [3.8, 4) is 5.88 Å². The number of hydrazine groups is 1. The number of hydrogen-bond acceptors (Lipinski definition) is 6. The van der Waals surface area contributed by atoms with Gasteiger partial charge in [-0.1, -0.05) is 11.6 Å². The van der Waals surface area contributed by atoms with Gasteiger partial charge in [0.2, 0.25) is 11.8 Å². The Hall–Kier alpha value is -1.87. The second-order valence-corrected chi connectivity index (χ2v) is 5.86. The molecule has 1 aromatic heterocycles. The normalized spacial score (nSPS) is 15.3. The molecule has 1 aromatic carbocycles. The Morgan fingerprint density at radius 1 is 1.29 bits per heavy atom. The molecule has 8 nitrogen and oxygen atoms in total. The average molecular weight is 374 g/mol. The van der Waals surface area contributed by atoms with Crippen molar-refractivity contribution in [2.24, 2.45) is 11.0 Å². The molecule has 1 aliphatic rings. The van der Waals surface area contributed by atoms with Crippen LogP contribution in [0, 0.1) is 4.91 Å². The fourth-order valence-corrected chi connectivity index (χ4v) is 2.91. The summed E-state index contributed by atoms with van der Waals surface area (Å²) in [4.78, 5) is 25.1. The van der Waals surface area contributed by atoms with Gasteiger partial charge in [-0.2, -0.15) is 0 Å². The van der Waals surface area contributed by atoms with Gasteiger partial charge in [0.25, 0.3) is 0 Å². The molecule has 24 heavy (non-hydrogen) atoms. The van der Waals surface area contributed by atoms with Gasteiger partial charge in [0.1, 0.15) is 6.54 Å². The predicted molar refractivity (Wildman–Crippen MR) is 93.7 cm³/mol. The van der Waals surface area contributed by atoms with E-state index in [2.05, 4.69) is 5.18 Å². The van der Waals surface area contributed by atoms with Gasteiger partial charge in [0, 0.05) is 36.6 Å². The summed E-state index contributed by atoms with van der Waals surface area (Å²) in [6.07, 6.45) is 0. The van der Waals surface area contributed by atoms with Crippen molar-refractivity contribution in [2.45, 2.75) is 6.54 Å². The summed E-state index contributed by atoms with van der Waals surface area (Å²) in [5.41, 5.74) is 0.409. The summed E-state index contributed by atoms with van der Waals surface area (Å²) in [6.45, 7) is 2.14. The van der Waals surface area contributed by atoms with Crippen LogP contribution in [0.5, 0.6) is 5.88 Å². The third kappa shape index (κ3) is 3.32. The highest BCUT2D eigenvalue weighted by Crippen LogP contribution is 2.39. The zero-order valence-corrected chi connectivity index (χ0v) is 14.3. The van der Waals surface area contributed by atoms with Gasteiger partial charge in [0.15, 0.2) is 5.69 Å². The lowest BCUT2D eigenvalue weighted by Crippen LogP contribution is -2.51. The second-order valence-electron chi connectivity index (χ2n) is 5.43.